The van der Waals surface area contributed by atoms with Crippen LogP contribution in [0.2, 0.25) is 0 Å². The van der Waals surface area contributed by atoms with E-state index in [2.05, 4.69) is 82.0 Å². The summed E-state index contributed by atoms with van der Waals surface area (Å²) in [5.41, 5.74) is 4.18. The molecule has 21 heavy (non-hydrogen) atoms. The Morgan fingerprint density at radius 3 is 2.71 bits per heavy atom. The number of benzene rings is 2. The molecule has 2 N–H and O–H groups in total. The van der Waals surface area contributed by atoms with E-state index in [0.29, 0.717) is 12.1 Å². The first kappa shape index (κ1) is 14.8. The zero-order chi connectivity index (χ0) is 14.7. The minimum atomic E-state index is 0.342. The standard InChI is InChI=1S/C18H21BrN2/c1-13(14-6-8-16(19)9-7-14)21-18-10-11-20-12-15-4-2-3-5-17(15)18/h2-9,13,18,20-21H,10-12H2,1H3/t13-,18?/m1/s1. The molecule has 0 radical (unpaired) electrons. The number of fused-ring (bicyclic) bond motifs is 1. The Morgan fingerprint density at radius 2 is 1.90 bits per heavy atom. The topological polar surface area (TPSA) is 24.1 Å². The first-order chi connectivity index (χ1) is 10.2. The number of nitrogens with one attached hydrogen (secondary N) is 2. The van der Waals surface area contributed by atoms with Gasteiger partial charge < -0.3 is 10.6 Å². The molecule has 2 aromatic carbocycles. The van der Waals surface area contributed by atoms with E-state index in [0.717, 1.165) is 24.0 Å². The van der Waals surface area contributed by atoms with Gasteiger partial charge in [0.25, 0.3) is 0 Å². The lowest BCUT2D eigenvalue weighted by Crippen LogP contribution is -2.26. The summed E-state index contributed by atoms with van der Waals surface area (Å²) >= 11 is 3.50. The van der Waals surface area contributed by atoms with Crippen LogP contribution in [-0.2, 0) is 6.54 Å². The van der Waals surface area contributed by atoms with Crippen LogP contribution in [0.3, 0.4) is 0 Å². The minimum absolute atomic E-state index is 0.342. The number of halogens is 1. The smallest absolute Gasteiger partial charge is 0.0340 e. The van der Waals surface area contributed by atoms with Crippen LogP contribution in [0, 0.1) is 0 Å². The molecule has 0 aromatic heterocycles. The molecule has 0 amide bonds. The van der Waals surface area contributed by atoms with Crippen molar-refractivity contribution in [2.24, 2.45) is 0 Å². The summed E-state index contributed by atoms with van der Waals surface area (Å²) in [7, 11) is 0. The molecule has 2 aromatic rings. The minimum Gasteiger partial charge on any atom is -0.313 e. The molecule has 0 saturated carbocycles. The molecule has 0 fully saturated rings. The Balaban J connectivity index is 1.79. The highest BCUT2D eigenvalue weighted by Crippen LogP contribution is 2.27. The van der Waals surface area contributed by atoms with Gasteiger partial charge in [0.1, 0.15) is 0 Å². The van der Waals surface area contributed by atoms with Crippen molar-refractivity contribution in [3.8, 4) is 0 Å². The van der Waals surface area contributed by atoms with E-state index < -0.39 is 0 Å². The summed E-state index contributed by atoms with van der Waals surface area (Å²) in [5.74, 6) is 0. The van der Waals surface area contributed by atoms with Crippen molar-refractivity contribution in [1.82, 2.24) is 10.6 Å². The third kappa shape index (κ3) is 3.54. The summed E-state index contributed by atoms with van der Waals surface area (Å²) in [6.07, 6.45) is 1.12. The average Bonchev–Trinajstić information content (AvgIpc) is 2.71. The first-order valence-electron chi connectivity index (χ1n) is 7.54. The molecule has 0 saturated heterocycles. The van der Waals surface area contributed by atoms with E-state index in [9.17, 15) is 0 Å². The maximum Gasteiger partial charge on any atom is 0.0340 e. The van der Waals surface area contributed by atoms with Crippen molar-refractivity contribution in [1.29, 1.82) is 0 Å². The Bertz CT molecular complexity index is 594. The number of hydrogen-bond donors (Lipinski definition) is 2. The maximum absolute atomic E-state index is 3.80. The highest BCUT2D eigenvalue weighted by Gasteiger charge is 2.20. The molecule has 110 valence electrons. The van der Waals surface area contributed by atoms with Gasteiger partial charge in [0.15, 0.2) is 0 Å². The van der Waals surface area contributed by atoms with Crippen LogP contribution in [0.4, 0.5) is 0 Å². The van der Waals surface area contributed by atoms with Crippen LogP contribution in [-0.4, -0.2) is 6.54 Å². The summed E-state index contributed by atoms with van der Waals surface area (Å²) in [5, 5.41) is 7.30. The van der Waals surface area contributed by atoms with Gasteiger partial charge in [-0.05, 0) is 48.7 Å². The van der Waals surface area contributed by atoms with Gasteiger partial charge >= 0.3 is 0 Å². The molecule has 1 heterocycles. The van der Waals surface area contributed by atoms with Crippen LogP contribution >= 0.6 is 15.9 Å². The van der Waals surface area contributed by atoms with Crippen molar-refractivity contribution >= 4 is 15.9 Å². The normalized spacial score (nSPS) is 19.6. The van der Waals surface area contributed by atoms with Crippen LogP contribution in [0.5, 0.6) is 0 Å². The second kappa shape index (κ2) is 6.73. The number of hydrogen-bond acceptors (Lipinski definition) is 2. The van der Waals surface area contributed by atoms with Gasteiger partial charge in [-0.15, -0.1) is 0 Å². The monoisotopic (exact) mass is 344 g/mol. The van der Waals surface area contributed by atoms with E-state index in [4.69, 9.17) is 0 Å². The second-order valence-corrected chi connectivity index (χ2v) is 6.57. The molecule has 0 spiro atoms. The van der Waals surface area contributed by atoms with Crippen molar-refractivity contribution in [3.63, 3.8) is 0 Å². The molecule has 2 nitrogen and oxygen atoms in total. The largest absolute Gasteiger partial charge is 0.313 e. The van der Waals surface area contributed by atoms with Crippen LogP contribution in [0.1, 0.15) is 42.1 Å². The molecule has 3 heteroatoms. The lowest BCUT2D eigenvalue weighted by atomic mass is 9.97. The Kier molecular flexibility index (Phi) is 4.73. The SMILES string of the molecule is C[C@@H](NC1CCNCc2ccccc21)c1ccc(Br)cc1. The van der Waals surface area contributed by atoms with E-state index in [1.807, 2.05) is 0 Å². The van der Waals surface area contributed by atoms with E-state index >= 15 is 0 Å². The Labute approximate surface area is 135 Å². The zero-order valence-corrected chi connectivity index (χ0v) is 13.9. The summed E-state index contributed by atoms with van der Waals surface area (Å²) in [4.78, 5) is 0. The van der Waals surface area contributed by atoms with Gasteiger partial charge in [-0.2, -0.15) is 0 Å². The van der Waals surface area contributed by atoms with Crippen LogP contribution in [0.15, 0.2) is 53.0 Å². The molecule has 2 atom stereocenters. The van der Waals surface area contributed by atoms with Gasteiger partial charge in [-0.25, -0.2) is 0 Å². The van der Waals surface area contributed by atoms with Crippen molar-refractivity contribution in [3.05, 3.63) is 69.7 Å². The van der Waals surface area contributed by atoms with Gasteiger partial charge in [-0.3, -0.25) is 0 Å². The fourth-order valence-corrected chi connectivity index (χ4v) is 3.25. The fourth-order valence-electron chi connectivity index (χ4n) is 2.98. The fraction of sp³-hybridized carbons (Fsp3) is 0.333. The molecule has 0 aliphatic carbocycles. The van der Waals surface area contributed by atoms with E-state index in [-0.39, 0.29) is 0 Å². The highest BCUT2D eigenvalue weighted by molar-refractivity contribution is 9.10. The molecule has 1 unspecified atom stereocenters. The zero-order valence-electron chi connectivity index (χ0n) is 12.3. The molecule has 3 rings (SSSR count). The Hall–Kier alpha value is -1.16. The molecular formula is C18H21BrN2. The van der Waals surface area contributed by atoms with Gasteiger partial charge in [0.05, 0.1) is 0 Å². The van der Waals surface area contributed by atoms with Crippen molar-refractivity contribution in [2.75, 3.05) is 6.54 Å². The predicted octanol–water partition coefficient (Wildman–Crippen LogP) is 4.33. The summed E-state index contributed by atoms with van der Waals surface area (Å²) in [6.45, 7) is 4.27. The van der Waals surface area contributed by atoms with E-state index in [1.54, 1.807) is 0 Å². The quantitative estimate of drug-likeness (QED) is 0.865. The van der Waals surface area contributed by atoms with Gasteiger partial charge in [-0.1, -0.05) is 52.3 Å². The van der Waals surface area contributed by atoms with Gasteiger partial charge in [0, 0.05) is 23.1 Å². The van der Waals surface area contributed by atoms with Crippen LogP contribution in [0.25, 0.3) is 0 Å². The Morgan fingerprint density at radius 1 is 1.14 bits per heavy atom. The maximum atomic E-state index is 3.80. The first-order valence-corrected chi connectivity index (χ1v) is 8.33. The van der Waals surface area contributed by atoms with Gasteiger partial charge in [0.2, 0.25) is 0 Å². The summed E-state index contributed by atoms with van der Waals surface area (Å²) < 4.78 is 1.13. The third-order valence-electron chi connectivity index (χ3n) is 4.18. The van der Waals surface area contributed by atoms with Crippen molar-refractivity contribution in [2.45, 2.75) is 32.0 Å². The van der Waals surface area contributed by atoms with E-state index in [1.165, 1.54) is 16.7 Å². The second-order valence-electron chi connectivity index (χ2n) is 5.66. The predicted molar refractivity (Wildman–Crippen MR) is 91.2 cm³/mol. The highest BCUT2D eigenvalue weighted by atomic mass is 79.9. The average molecular weight is 345 g/mol. The molecule has 1 aliphatic heterocycles. The molecule has 1 aliphatic rings. The number of rotatable bonds is 3. The van der Waals surface area contributed by atoms with Crippen LogP contribution < -0.4 is 10.6 Å². The lowest BCUT2D eigenvalue weighted by molar-refractivity contribution is 0.443. The summed E-state index contributed by atoms with van der Waals surface area (Å²) in [6, 6.07) is 18.1. The molecular weight excluding hydrogens is 324 g/mol. The van der Waals surface area contributed by atoms with Crippen molar-refractivity contribution < 1.29 is 0 Å². The lowest BCUT2D eigenvalue weighted by Gasteiger charge is -2.24. The third-order valence-corrected chi connectivity index (χ3v) is 4.71. The molecule has 0 bridgehead atoms.